The molecule has 2 N–H and O–H groups in total. The van der Waals surface area contributed by atoms with Gasteiger partial charge in [-0.05, 0) is 98.4 Å². The number of ether oxygens (including phenoxy) is 1. The van der Waals surface area contributed by atoms with E-state index in [9.17, 15) is 45.8 Å². The van der Waals surface area contributed by atoms with Crippen LogP contribution in [0.2, 0.25) is 0 Å². The molecule has 0 aliphatic carbocycles. The van der Waals surface area contributed by atoms with Gasteiger partial charge in [0.05, 0.1) is 23.6 Å². The maximum Gasteiger partial charge on any atom is 0.419 e. The van der Waals surface area contributed by atoms with E-state index >= 15 is 4.39 Å². The summed E-state index contributed by atoms with van der Waals surface area (Å²) in [6, 6.07) is 8.45. The standard InChI is InChI=1S/C37H32F7N3O5/c1-20-6-2-10-29-32(20)23-15-25(33(38)27(16-23)37(42,43)44)28(18-31(49)50)45-35(51)34(21-7-3-9-24(14-21)52-29)47-19-22(8-4-11-46-12-5-13-46)26(17-30(47)48)36(39,40)41/h2-3,6-7,9-10,14-17,19,28,34H,4-5,8,11-13,18H2,1H3,(H,45,51)(H,49,50)/t28-,34-/m0/s1. The van der Waals surface area contributed by atoms with Gasteiger partial charge >= 0.3 is 18.3 Å². The Kier molecular flexibility index (Phi) is 9.92. The molecule has 3 aromatic carbocycles. The Balaban J connectivity index is 1.58. The minimum Gasteiger partial charge on any atom is -0.481 e. The highest BCUT2D eigenvalue weighted by molar-refractivity contribution is 5.85. The number of aryl methyl sites for hydroxylation is 2. The molecule has 4 bridgehead atoms. The molecule has 2 atom stereocenters. The molecule has 4 aromatic rings. The summed E-state index contributed by atoms with van der Waals surface area (Å²) < 4.78 is 108. The van der Waals surface area contributed by atoms with Crippen LogP contribution in [0, 0.1) is 12.7 Å². The molecule has 2 aliphatic rings. The summed E-state index contributed by atoms with van der Waals surface area (Å²) in [5.74, 6) is -4.55. The number of carboxylic acid groups (broad SMARTS) is 1. The van der Waals surface area contributed by atoms with Crippen molar-refractivity contribution in [3.8, 4) is 22.6 Å². The Morgan fingerprint density at radius 2 is 1.67 bits per heavy atom. The van der Waals surface area contributed by atoms with Crippen molar-refractivity contribution in [1.82, 2.24) is 14.8 Å². The molecular weight excluding hydrogens is 699 g/mol. The topological polar surface area (TPSA) is 101 Å². The molecule has 0 radical (unpaired) electrons. The van der Waals surface area contributed by atoms with Crippen LogP contribution in [0.15, 0.2) is 71.7 Å². The first-order valence-electron chi connectivity index (χ1n) is 16.4. The molecule has 52 heavy (non-hydrogen) atoms. The van der Waals surface area contributed by atoms with Crippen LogP contribution in [0.4, 0.5) is 30.7 Å². The Morgan fingerprint density at radius 3 is 2.33 bits per heavy atom. The van der Waals surface area contributed by atoms with Crippen molar-refractivity contribution in [3.05, 3.63) is 116 Å². The van der Waals surface area contributed by atoms with E-state index in [2.05, 4.69) is 10.2 Å². The summed E-state index contributed by atoms with van der Waals surface area (Å²) in [6.07, 6.45) is -9.17. The van der Waals surface area contributed by atoms with Gasteiger partial charge in [-0.25, -0.2) is 4.39 Å². The number of halogens is 7. The predicted octanol–water partition coefficient (Wildman–Crippen LogP) is 7.67. The third kappa shape index (κ3) is 7.54. The fraction of sp³-hybridized carbons (Fsp3) is 0.324. The minimum absolute atomic E-state index is 0.00840. The predicted molar refractivity (Wildman–Crippen MR) is 174 cm³/mol. The molecule has 0 unspecified atom stereocenters. The third-order valence-electron chi connectivity index (χ3n) is 9.27. The van der Waals surface area contributed by atoms with Gasteiger partial charge in [0.25, 0.3) is 5.56 Å². The fourth-order valence-electron chi connectivity index (χ4n) is 6.68. The number of hydrogen-bond acceptors (Lipinski definition) is 5. The summed E-state index contributed by atoms with van der Waals surface area (Å²) in [7, 11) is 0. The maximum atomic E-state index is 15.9. The summed E-state index contributed by atoms with van der Waals surface area (Å²) >= 11 is 0. The molecule has 15 heteroatoms. The Bertz CT molecular complexity index is 2090. The molecule has 8 nitrogen and oxygen atoms in total. The number of aliphatic carboxylic acids is 1. The number of alkyl halides is 6. The van der Waals surface area contributed by atoms with Crippen molar-refractivity contribution in [2.24, 2.45) is 0 Å². The number of amides is 1. The van der Waals surface area contributed by atoms with Gasteiger partial charge in [0, 0.05) is 23.4 Å². The van der Waals surface area contributed by atoms with Gasteiger partial charge in [-0.3, -0.25) is 19.0 Å². The lowest BCUT2D eigenvalue weighted by Crippen LogP contribution is -2.41. The molecule has 3 heterocycles. The molecule has 274 valence electrons. The minimum atomic E-state index is -5.25. The number of aromatic nitrogens is 1. The average molecular weight is 732 g/mol. The molecule has 0 saturated carbocycles. The number of nitrogens with one attached hydrogen (secondary N) is 1. The lowest BCUT2D eigenvalue weighted by atomic mass is 9.91. The van der Waals surface area contributed by atoms with Crippen molar-refractivity contribution >= 4 is 11.9 Å². The summed E-state index contributed by atoms with van der Waals surface area (Å²) in [5, 5.41) is 12.1. The van der Waals surface area contributed by atoms with E-state index in [0.717, 1.165) is 36.3 Å². The van der Waals surface area contributed by atoms with E-state index in [1.807, 2.05) is 0 Å². The zero-order valence-corrected chi connectivity index (χ0v) is 27.6. The van der Waals surface area contributed by atoms with E-state index < -0.39 is 70.8 Å². The quantitative estimate of drug-likeness (QED) is 0.190. The van der Waals surface area contributed by atoms with Gasteiger partial charge in [0.2, 0.25) is 5.91 Å². The number of carboxylic acids is 1. The zero-order valence-electron chi connectivity index (χ0n) is 27.6. The van der Waals surface area contributed by atoms with Crippen molar-refractivity contribution in [3.63, 3.8) is 0 Å². The number of benzene rings is 3. The van der Waals surface area contributed by atoms with Gasteiger partial charge in [-0.2, -0.15) is 26.3 Å². The summed E-state index contributed by atoms with van der Waals surface area (Å²) in [4.78, 5) is 41.9. The number of fused-ring (bicyclic) bond motifs is 6. The van der Waals surface area contributed by atoms with E-state index in [1.54, 1.807) is 19.1 Å². The van der Waals surface area contributed by atoms with Crippen LogP contribution in [-0.2, 0) is 28.4 Å². The van der Waals surface area contributed by atoms with Crippen LogP contribution in [0.1, 0.15) is 64.7 Å². The number of hydrogen-bond donors (Lipinski definition) is 2. The van der Waals surface area contributed by atoms with Crippen molar-refractivity contribution in [2.75, 3.05) is 19.6 Å². The SMILES string of the molecule is Cc1cccc2c1-c1cc(c(F)c(C(F)(F)F)c1)[C@H](CC(=O)O)NC(=O)[C@@H](n1cc(CCCN3CCC3)c(C(F)(F)F)cc1=O)c1cccc(c1)O2. The largest absolute Gasteiger partial charge is 0.481 e. The van der Waals surface area contributed by atoms with Gasteiger partial charge < -0.3 is 20.1 Å². The third-order valence-corrected chi connectivity index (χ3v) is 9.27. The number of rotatable bonds is 7. The normalized spacial score (nSPS) is 17.8. The Hall–Kier alpha value is -5.18. The first kappa shape index (κ1) is 36.6. The Morgan fingerprint density at radius 1 is 0.962 bits per heavy atom. The van der Waals surface area contributed by atoms with Crippen LogP contribution in [0.5, 0.6) is 11.5 Å². The second-order valence-corrected chi connectivity index (χ2v) is 12.9. The number of likely N-dealkylation sites (tertiary alicyclic amines) is 1. The van der Waals surface area contributed by atoms with Crippen molar-refractivity contribution < 1.29 is 50.2 Å². The van der Waals surface area contributed by atoms with E-state index in [4.69, 9.17) is 4.74 Å². The zero-order chi connectivity index (χ0) is 37.5. The molecule has 2 aliphatic heterocycles. The highest BCUT2D eigenvalue weighted by Gasteiger charge is 2.39. The van der Waals surface area contributed by atoms with Crippen LogP contribution in [-0.4, -0.2) is 46.1 Å². The molecule has 1 amide bonds. The number of carbonyl (C=O) groups is 2. The molecule has 0 spiro atoms. The lowest BCUT2D eigenvalue weighted by Gasteiger charge is -2.30. The Labute approximate surface area is 292 Å². The number of carbonyl (C=O) groups excluding carboxylic acids is 1. The van der Waals surface area contributed by atoms with Crippen molar-refractivity contribution in [1.29, 1.82) is 0 Å². The number of nitrogens with zero attached hydrogens (tertiary/aromatic N) is 2. The molecule has 1 saturated heterocycles. The highest BCUT2D eigenvalue weighted by Crippen LogP contribution is 2.43. The lowest BCUT2D eigenvalue weighted by molar-refractivity contribution is -0.140. The van der Waals surface area contributed by atoms with E-state index in [-0.39, 0.29) is 40.2 Å². The molecule has 1 fully saturated rings. The maximum absolute atomic E-state index is 15.9. The number of pyridine rings is 1. The second kappa shape index (κ2) is 14.1. The summed E-state index contributed by atoms with van der Waals surface area (Å²) in [5.41, 5.74) is -4.88. The van der Waals surface area contributed by atoms with E-state index in [0.29, 0.717) is 30.7 Å². The molecule has 1 aromatic heterocycles. The second-order valence-electron chi connectivity index (χ2n) is 12.9. The van der Waals surface area contributed by atoms with Crippen LogP contribution >= 0.6 is 0 Å². The van der Waals surface area contributed by atoms with Gasteiger partial charge in [-0.1, -0.05) is 24.3 Å². The van der Waals surface area contributed by atoms with Gasteiger partial charge in [-0.15, -0.1) is 0 Å². The van der Waals surface area contributed by atoms with Crippen LogP contribution < -0.4 is 15.6 Å². The molecular formula is C37H32F7N3O5. The van der Waals surface area contributed by atoms with Crippen LogP contribution in [0.25, 0.3) is 11.1 Å². The fourth-order valence-corrected chi connectivity index (χ4v) is 6.68. The van der Waals surface area contributed by atoms with Gasteiger partial charge in [0.15, 0.2) is 0 Å². The average Bonchev–Trinajstić information content (AvgIpc) is 3.02. The smallest absolute Gasteiger partial charge is 0.419 e. The molecule has 6 rings (SSSR count). The van der Waals surface area contributed by atoms with Crippen molar-refractivity contribution in [2.45, 2.75) is 57.0 Å². The van der Waals surface area contributed by atoms with Crippen LogP contribution in [0.3, 0.4) is 0 Å². The highest BCUT2D eigenvalue weighted by atomic mass is 19.4. The summed E-state index contributed by atoms with van der Waals surface area (Å²) in [6.45, 7) is 3.70. The van der Waals surface area contributed by atoms with E-state index in [1.165, 1.54) is 30.3 Å². The first-order chi connectivity index (χ1) is 24.5. The first-order valence-corrected chi connectivity index (χ1v) is 16.4. The van der Waals surface area contributed by atoms with Gasteiger partial charge in [0.1, 0.15) is 23.4 Å². The monoisotopic (exact) mass is 731 g/mol.